The van der Waals surface area contributed by atoms with E-state index < -0.39 is 59.2 Å². The van der Waals surface area contributed by atoms with Crippen LogP contribution < -0.4 is 16.0 Å². The van der Waals surface area contributed by atoms with Gasteiger partial charge in [0, 0.05) is 42.9 Å². The molecule has 2 heterocycles. The highest BCUT2D eigenvalue weighted by Gasteiger charge is 2.85. The van der Waals surface area contributed by atoms with Crippen LogP contribution >= 0.6 is 0 Å². The SMILES string of the molecule is CCC[C@H](NC(=O)[C@@H]1C[C@@]2(CN1C(=O)[C@@H](CC(=O)[C@@H](NC(=O)[C@@H]1C[C@@H](O)CN1C(C)C)C1CCCCC1)C(C)(C)C)C(C)(C)C21CCC1)C(=O)C(=O)NC1CC1. The van der Waals surface area contributed by atoms with Crippen LogP contribution in [0, 0.1) is 33.5 Å². The van der Waals surface area contributed by atoms with E-state index in [4.69, 9.17) is 0 Å². The standard InChI is InChI=1S/C44H71N5O7/c1-9-14-31(36(52)39(55)45-28-17-18-28)46-38(54)33-23-44(42(7,8)43(44)19-13-20-43)25-49(33)40(56)30(41(4,5)6)22-34(51)35(27-15-11-10-12-16-27)47-37(53)32-21-29(50)24-48(32)26(2)3/h26-33,35,50H,9-25H2,1-8H3,(H,45,55)(H,46,54)(H,47,53)/t29-,30-,31+,32+,33+,35+,44-/m1/s1. The maximum absolute atomic E-state index is 15.2. The topological polar surface area (TPSA) is 165 Å². The summed E-state index contributed by atoms with van der Waals surface area (Å²) in [6, 6.07) is -3.06. The second-order valence-corrected chi connectivity index (χ2v) is 20.5. The number of ketones is 2. The third-order valence-electron chi connectivity index (χ3n) is 15.5. The molecule has 7 atom stereocenters. The van der Waals surface area contributed by atoms with Gasteiger partial charge in [0.05, 0.1) is 24.2 Å². The number of nitrogens with zero attached hydrogens (tertiary/aromatic N) is 2. The number of fused-ring (bicyclic) bond motifs is 1. The van der Waals surface area contributed by atoms with Crippen molar-refractivity contribution in [2.24, 2.45) is 33.5 Å². The van der Waals surface area contributed by atoms with Gasteiger partial charge in [0.2, 0.25) is 23.5 Å². The van der Waals surface area contributed by atoms with Crippen LogP contribution in [0.3, 0.4) is 0 Å². The number of likely N-dealkylation sites (tertiary alicyclic amines) is 2. The van der Waals surface area contributed by atoms with Crippen LogP contribution in [0.25, 0.3) is 0 Å². The molecule has 0 unspecified atom stereocenters. The molecular weight excluding hydrogens is 711 g/mol. The molecule has 4 N–H and O–H groups in total. The van der Waals surface area contributed by atoms with E-state index in [1.807, 2.05) is 46.4 Å². The van der Waals surface area contributed by atoms with Crippen molar-refractivity contribution in [1.82, 2.24) is 25.8 Å². The van der Waals surface area contributed by atoms with E-state index in [9.17, 15) is 29.1 Å². The van der Waals surface area contributed by atoms with Crippen LogP contribution in [-0.2, 0) is 28.8 Å². The van der Waals surface area contributed by atoms with Gasteiger partial charge in [0.25, 0.3) is 5.91 Å². The van der Waals surface area contributed by atoms with Gasteiger partial charge < -0.3 is 26.0 Å². The van der Waals surface area contributed by atoms with Crippen LogP contribution in [0.15, 0.2) is 0 Å². The molecule has 6 rings (SSSR count). The van der Waals surface area contributed by atoms with Gasteiger partial charge in [-0.05, 0) is 93.8 Å². The molecule has 0 radical (unpaired) electrons. The molecule has 314 valence electrons. The van der Waals surface area contributed by atoms with E-state index in [0.29, 0.717) is 38.8 Å². The molecular formula is C44H71N5O7. The lowest BCUT2D eigenvalue weighted by atomic mass is 9.73. The first-order chi connectivity index (χ1) is 26.3. The van der Waals surface area contributed by atoms with Crippen molar-refractivity contribution in [2.45, 2.75) is 194 Å². The maximum atomic E-state index is 15.2. The second-order valence-electron chi connectivity index (χ2n) is 20.5. The highest BCUT2D eigenvalue weighted by atomic mass is 16.3. The number of hydrogen-bond acceptors (Lipinski definition) is 8. The van der Waals surface area contributed by atoms with Crippen molar-refractivity contribution >= 4 is 35.2 Å². The third kappa shape index (κ3) is 7.83. The number of carbonyl (C=O) groups excluding carboxylic acids is 6. The zero-order valence-electron chi connectivity index (χ0n) is 35.5. The molecule has 2 aliphatic heterocycles. The van der Waals surface area contributed by atoms with Crippen LogP contribution in [0.4, 0.5) is 0 Å². The number of carbonyl (C=O) groups is 6. The molecule has 6 aliphatic rings. The lowest BCUT2D eigenvalue weighted by molar-refractivity contribution is -0.147. The fraction of sp³-hybridized carbons (Fsp3) is 0.864. The Morgan fingerprint density at radius 1 is 0.857 bits per heavy atom. The minimum Gasteiger partial charge on any atom is -0.392 e. The lowest BCUT2D eigenvalue weighted by Crippen LogP contribution is -2.56. The Bertz CT molecular complexity index is 1540. The highest BCUT2D eigenvalue weighted by Crippen LogP contribution is 2.88. The van der Waals surface area contributed by atoms with Crippen molar-refractivity contribution < 1.29 is 33.9 Å². The quantitative estimate of drug-likeness (QED) is 0.177. The monoisotopic (exact) mass is 782 g/mol. The van der Waals surface area contributed by atoms with Gasteiger partial charge in [-0.15, -0.1) is 0 Å². The van der Waals surface area contributed by atoms with Gasteiger partial charge in [-0.3, -0.25) is 33.7 Å². The fourth-order valence-corrected chi connectivity index (χ4v) is 11.7. The van der Waals surface area contributed by atoms with Gasteiger partial charge in [0.1, 0.15) is 6.04 Å². The van der Waals surface area contributed by atoms with Crippen molar-refractivity contribution in [3.63, 3.8) is 0 Å². The highest BCUT2D eigenvalue weighted by molar-refractivity contribution is 6.38. The molecule has 0 bridgehead atoms. The smallest absolute Gasteiger partial charge is 0.289 e. The minimum atomic E-state index is -0.989. The van der Waals surface area contributed by atoms with E-state index in [1.165, 1.54) is 0 Å². The number of amides is 4. The summed E-state index contributed by atoms with van der Waals surface area (Å²) in [6.45, 7) is 17.1. The zero-order valence-corrected chi connectivity index (χ0v) is 35.5. The Morgan fingerprint density at radius 2 is 1.50 bits per heavy atom. The van der Waals surface area contributed by atoms with Crippen LogP contribution in [0.5, 0.6) is 0 Å². The van der Waals surface area contributed by atoms with Crippen LogP contribution in [-0.4, -0.2) is 106 Å². The number of rotatable bonds is 15. The van der Waals surface area contributed by atoms with Gasteiger partial charge in [-0.25, -0.2) is 0 Å². The Balaban J connectivity index is 1.26. The lowest BCUT2D eigenvalue weighted by Gasteiger charge is -2.37. The molecule has 6 fully saturated rings. The summed E-state index contributed by atoms with van der Waals surface area (Å²) in [5, 5.41) is 19.3. The zero-order chi connectivity index (χ0) is 41.0. The molecule has 0 aromatic heterocycles. The molecule has 2 saturated heterocycles. The molecule has 4 amide bonds. The first-order valence-corrected chi connectivity index (χ1v) is 22.0. The van der Waals surface area contributed by atoms with Crippen molar-refractivity contribution in [3.05, 3.63) is 0 Å². The number of nitrogens with one attached hydrogen (secondary N) is 3. The fourth-order valence-electron chi connectivity index (χ4n) is 11.7. The number of β-amino-alcohol motifs (C(OH)–C–C–N with tert-alkyl or cyclic N) is 1. The van der Waals surface area contributed by atoms with E-state index >= 15 is 4.79 Å². The van der Waals surface area contributed by atoms with Gasteiger partial charge in [-0.1, -0.05) is 73.6 Å². The average Bonchev–Trinajstić information content (AvgIpc) is 3.85. The average molecular weight is 782 g/mol. The molecule has 0 aromatic carbocycles. The number of hydrogen-bond donors (Lipinski definition) is 4. The number of aliphatic hydroxyl groups is 1. The first-order valence-electron chi connectivity index (χ1n) is 22.0. The van der Waals surface area contributed by atoms with Gasteiger partial charge >= 0.3 is 0 Å². The molecule has 2 spiro atoms. The van der Waals surface area contributed by atoms with Crippen molar-refractivity contribution in [3.8, 4) is 0 Å². The normalized spacial score (nSPS) is 30.1. The van der Waals surface area contributed by atoms with Crippen molar-refractivity contribution in [2.75, 3.05) is 13.1 Å². The third-order valence-corrected chi connectivity index (χ3v) is 15.5. The Hall–Kier alpha value is -2.86. The van der Waals surface area contributed by atoms with E-state index in [2.05, 4.69) is 29.8 Å². The van der Waals surface area contributed by atoms with Crippen LogP contribution in [0.1, 0.15) is 152 Å². The van der Waals surface area contributed by atoms with Crippen molar-refractivity contribution in [1.29, 1.82) is 0 Å². The van der Waals surface area contributed by atoms with Crippen LogP contribution in [0.2, 0.25) is 0 Å². The summed E-state index contributed by atoms with van der Waals surface area (Å²) in [4.78, 5) is 88.2. The summed E-state index contributed by atoms with van der Waals surface area (Å²) in [5.41, 5.74) is -0.959. The predicted octanol–water partition coefficient (Wildman–Crippen LogP) is 4.45. The molecule has 4 saturated carbocycles. The van der Waals surface area contributed by atoms with Gasteiger partial charge in [0.15, 0.2) is 5.78 Å². The maximum Gasteiger partial charge on any atom is 0.289 e. The summed E-state index contributed by atoms with van der Waals surface area (Å²) >= 11 is 0. The van der Waals surface area contributed by atoms with E-state index in [-0.39, 0.29) is 58.3 Å². The Morgan fingerprint density at radius 3 is 2.04 bits per heavy atom. The first kappa shape index (κ1) is 42.7. The molecule has 4 aliphatic carbocycles. The molecule has 0 aromatic rings. The molecule has 12 nitrogen and oxygen atoms in total. The minimum absolute atomic E-state index is 0.0106. The number of aliphatic hydroxyl groups excluding tert-OH is 1. The Kier molecular flexibility index (Phi) is 12.3. The molecule has 56 heavy (non-hydrogen) atoms. The molecule has 12 heteroatoms. The summed E-state index contributed by atoms with van der Waals surface area (Å²) < 4.78 is 0. The largest absolute Gasteiger partial charge is 0.392 e. The summed E-state index contributed by atoms with van der Waals surface area (Å²) in [5.74, 6) is -3.22. The van der Waals surface area contributed by atoms with E-state index in [1.54, 1.807) is 4.90 Å². The summed E-state index contributed by atoms with van der Waals surface area (Å²) in [7, 11) is 0. The number of Topliss-reactive ketones (excluding diaryl/α,β-unsaturated/α-hetero) is 2. The summed E-state index contributed by atoms with van der Waals surface area (Å²) in [6.07, 6.45) is 10.6. The Labute approximate surface area is 334 Å². The van der Waals surface area contributed by atoms with E-state index in [0.717, 1.165) is 64.2 Å². The predicted molar refractivity (Wildman–Crippen MR) is 213 cm³/mol. The second kappa shape index (κ2) is 16.1. The van der Waals surface area contributed by atoms with Gasteiger partial charge in [-0.2, -0.15) is 0 Å².